The molecule has 0 saturated heterocycles. The minimum Gasteiger partial charge on any atom is -0.507 e. The van der Waals surface area contributed by atoms with Crippen molar-refractivity contribution in [2.24, 2.45) is 0 Å². The van der Waals surface area contributed by atoms with E-state index < -0.39 is 18.0 Å². The second-order valence-corrected chi connectivity index (χ2v) is 6.39. The third-order valence-electron chi connectivity index (χ3n) is 4.39. The molecule has 25 heavy (non-hydrogen) atoms. The molecule has 0 saturated carbocycles. The summed E-state index contributed by atoms with van der Waals surface area (Å²) in [6.45, 7) is 3.31. The number of phenols is 1. The molecule has 1 aliphatic rings. The first-order valence-corrected chi connectivity index (χ1v) is 8.37. The standard InChI is InChI=1S/C20H21NO4/c1-12-6-9-18(22)17(10-12)20(24)25-13(2)19(23)21-16-8-7-14-4-3-5-15(14)11-16/h6-11,13,22H,3-5H2,1-2H3,(H,21,23)/t13-/m1/s1. The van der Waals surface area contributed by atoms with Crippen LogP contribution in [0.2, 0.25) is 0 Å². The number of amides is 1. The lowest BCUT2D eigenvalue weighted by Crippen LogP contribution is -2.30. The average molecular weight is 339 g/mol. The molecule has 0 unspecified atom stereocenters. The Morgan fingerprint density at radius 1 is 1.12 bits per heavy atom. The van der Waals surface area contributed by atoms with Crippen molar-refractivity contribution in [2.75, 3.05) is 5.32 Å². The van der Waals surface area contributed by atoms with Gasteiger partial charge in [0.1, 0.15) is 11.3 Å². The Morgan fingerprint density at radius 3 is 2.68 bits per heavy atom. The fourth-order valence-corrected chi connectivity index (χ4v) is 2.98. The Morgan fingerprint density at radius 2 is 1.88 bits per heavy atom. The van der Waals surface area contributed by atoms with Gasteiger partial charge in [-0.05, 0) is 68.5 Å². The minimum atomic E-state index is -0.972. The number of hydrogen-bond donors (Lipinski definition) is 2. The van der Waals surface area contributed by atoms with Crippen molar-refractivity contribution in [3.63, 3.8) is 0 Å². The zero-order valence-electron chi connectivity index (χ0n) is 14.3. The molecule has 0 aliphatic heterocycles. The average Bonchev–Trinajstić information content (AvgIpc) is 3.04. The van der Waals surface area contributed by atoms with Gasteiger partial charge < -0.3 is 15.2 Å². The number of benzene rings is 2. The van der Waals surface area contributed by atoms with Crippen molar-refractivity contribution in [1.29, 1.82) is 0 Å². The molecule has 1 atom stereocenters. The number of fused-ring (bicyclic) bond motifs is 1. The third kappa shape index (κ3) is 3.82. The van der Waals surface area contributed by atoms with Crippen molar-refractivity contribution < 1.29 is 19.4 Å². The van der Waals surface area contributed by atoms with Crippen LogP contribution >= 0.6 is 0 Å². The zero-order valence-corrected chi connectivity index (χ0v) is 14.3. The number of carbonyl (C=O) groups is 2. The highest BCUT2D eigenvalue weighted by Crippen LogP contribution is 2.25. The second-order valence-electron chi connectivity index (χ2n) is 6.39. The molecule has 5 nitrogen and oxygen atoms in total. The van der Waals surface area contributed by atoms with Gasteiger partial charge in [-0.2, -0.15) is 0 Å². The molecule has 0 spiro atoms. The van der Waals surface area contributed by atoms with Gasteiger partial charge in [0.05, 0.1) is 0 Å². The number of nitrogens with one attached hydrogen (secondary N) is 1. The molecule has 3 rings (SSSR count). The molecule has 5 heteroatoms. The highest BCUT2D eigenvalue weighted by molar-refractivity contribution is 5.98. The van der Waals surface area contributed by atoms with Gasteiger partial charge in [0, 0.05) is 5.69 Å². The summed E-state index contributed by atoms with van der Waals surface area (Å²) >= 11 is 0. The molecule has 0 radical (unpaired) electrons. The van der Waals surface area contributed by atoms with Crippen molar-refractivity contribution in [3.8, 4) is 5.75 Å². The van der Waals surface area contributed by atoms with Crippen LogP contribution in [-0.4, -0.2) is 23.1 Å². The third-order valence-corrected chi connectivity index (χ3v) is 4.39. The predicted molar refractivity (Wildman–Crippen MR) is 94.8 cm³/mol. The van der Waals surface area contributed by atoms with Crippen LogP contribution in [0.25, 0.3) is 0 Å². The number of aromatic hydroxyl groups is 1. The summed E-state index contributed by atoms with van der Waals surface area (Å²) in [6, 6.07) is 10.5. The van der Waals surface area contributed by atoms with E-state index in [1.165, 1.54) is 30.2 Å². The second kappa shape index (κ2) is 6.97. The van der Waals surface area contributed by atoms with Gasteiger partial charge in [-0.15, -0.1) is 0 Å². The van der Waals surface area contributed by atoms with E-state index in [9.17, 15) is 14.7 Å². The smallest absolute Gasteiger partial charge is 0.342 e. The van der Waals surface area contributed by atoms with Gasteiger partial charge in [-0.3, -0.25) is 4.79 Å². The van der Waals surface area contributed by atoms with Crippen molar-refractivity contribution in [2.45, 2.75) is 39.2 Å². The highest BCUT2D eigenvalue weighted by atomic mass is 16.5. The Balaban J connectivity index is 1.64. The monoisotopic (exact) mass is 339 g/mol. The van der Waals surface area contributed by atoms with Crippen molar-refractivity contribution >= 4 is 17.6 Å². The molecule has 2 N–H and O–H groups in total. The molecule has 2 aromatic rings. The summed E-state index contributed by atoms with van der Waals surface area (Å²) < 4.78 is 5.19. The van der Waals surface area contributed by atoms with E-state index >= 15 is 0 Å². The lowest BCUT2D eigenvalue weighted by molar-refractivity contribution is -0.123. The first kappa shape index (κ1) is 17.0. The Labute approximate surface area is 146 Å². The molecule has 130 valence electrons. The quantitative estimate of drug-likeness (QED) is 0.838. The molecular weight excluding hydrogens is 318 g/mol. The summed E-state index contributed by atoms with van der Waals surface area (Å²) in [4.78, 5) is 24.5. The van der Waals surface area contributed by atoms with E-state index in [-0.39, 0.29) is 11.3 Å². The van der Waals surface area contributed by atoms with Gasteiger partial charge in [0.2, 0.25) is 0 Å². The lowest BCUT2D eigenvalue weighted by Gasteiger charge is -2.15. The fraction of sp³-hybridized carbons (Fsp3) is 0.300. The summed E-state index contributed by atoms with van der Waals surface area (Å²) in [5.74, 6) is -1.29. The summed E-state index contributed by atoms with van der Waals surface area (Å²) in [7, 11) is 0. The summed E-state index contributed by atoms with van der Waals surface area (Å²) in [6.07, 6.45) is 2.27. The molecule has 2 aromatic carbocycles. The van der Waals surface area contributed by atoms with E-state index in [0.29, 0.717) is 5.69 Å². The maximum Gasteiger partial charge on any atom is 0.342 e. The van der Waals surface area contributed by atoms with E-state index in [2.05, 4.69) is 5.32 Å². The van der Waals surface area contributed by atoms with E-state index in [1.807, 2.05) is 18.2 Å². The van der Waals surface area contributed by atoms with Gasteiger partial charge in [0.25, 0.3) is 5.91 Å². The Hall–Kier alpha value is -2.82. The molecule has 0 aromatic heterocycles. The predicted octanol–water partition coefficient (Wildman–Crippen LogP) is 3.37. The molecule has 0 bridgehead atoms. The fourth-order valence-electron chi connectivity index (χ4n) is 2.98. The number of esters is 1. The van der Waals surface area contributed by atoms with E-state index in [4.69, 9.17) is 4.74 Å². The number of phenolic OH excluding ortho intramolecular Hbond substituents is 1. The van der Waals surface area contributed by atoms with Gasteiger partial charge in [0.15, 0.2) is 6.10 Å². The number of hydrogen-bond acceptors (Lipinski definition) is 4. The van der Waals surface area contributed by atoms with Crippen LogP contribution in [0.1, 0.15) is 40.4 Å². The molecule has 1 amide bonds. The molecule has 0 heterocycles. The first-order valence-electron chi connectivity index (χ1n) is 8.37. The summed E-state index contributed by atoms with van der Waals surface area (Å²) in [5.41, 5.74) is 4.16. The van der Waals surface area contributed by atoms with Crippen LogP contribution < -0.4 is 5.32 Å². The number of rotatable bonds is 4. The zero-order chi connectivity index (χ0) is 18.0. The Bertz CT molecular complexity index is 828. The number of ether oxygens (including phenoxy) is 1. The largest absolute Gasteiger partial charge is 0.507 e. The Kier molecular flexibility index (Phi) is 4.74. The van der Waals surface area contributed by atoms with E-state index in [1.54, 1.807) is 13.0 Å². The molecule has 0 fully saturated rings. The SMILES string of the molecule is Cc1ccc(O)c(C(=O)O[C@H](C)C(=O)Nc2ccc3c(c2)CCC3)c1. The number of anilines is 1. The van der Waals surface area contributed by atoms with Crippen LogP contribution in [0.15, 0.2) is 36.4 Å². The van der Waals surface area contributed by atoms with Crippen LogP contribution in [0.5, 0.6) is 5.75 Å². The number of carbonyl (C=O) groups excluding carboxylic acids is 2. The normalized spacial score (nSPS) is 13.8. The molecular formula is C20H21NO4. The molecule has 1 aliphatic carbocycles. The van der Waals surface area contributed by atoms with Gasteiger partial charge >= 0.3 is 5.97 Å². The minimum absolute atomic E-state index is 0.0529. The lowest BCUT2D eigenvalue weighted by atomic mass is 10.1. The van der Waals surface area contributed by atoms with Crippen LogP contribution in [0.3, 0.4) is 0 Å². The van der Waals surface area contributed by atoms with Gasteiger partial charge in [-0.25, -0.2) is 4.79 Å². The maximum atomic E-state index is 12.3. The van der Waals surface area contributed by atoms with Crippen LogP contribution in [0.4, 0.5) is 5.69 Å². The van der Waals surface area contributed by atoms with Gasteiger partial charge in [-0.1, -0.05) is 17.7 Å². The first-order chi connectivity index (χ1) is 11.9. The van der Waals surface area contributed by atoms with Crippen LogP contribution in [-0.2, 0) is 22.4 Å². The van der Waals surface area contributed by atoms with Crippen LogP contribution in [0, 0.1) is 6.92 Å². The van der Waals surface area contributed by atoms with Crippen molar-refractivity contribution in [3.05, 3.63) is 58.7 Å². The highest BCUT2D eigenvalue weighted by Gasteiger charge is 2.21. The summed E-state index contributed by atoms with van der Waals surface area (Å²) in [5, 5.41) is 12.6. The topological polar surface area (TPSA) is 75.6 Å². The maximum absolute atomic E-state index is 12.3. The van der Waals surface area contributed by atoms with E-state index in [0.717, 1.165) is 24.8 Å². The number of aryl methyl sites for hydroxylation is 3. The van der Waals surface area contributed by atoms with Crippen molar-refractivity contribution in [1.82, 2.24) is 0 Å².